The Hall–Kier alpha value is -3.56. The van der Waals surface area contributed by atoms with Crippen molar-refractivity contribution in [2.75, 3.05) is 13.2 Å². The second-order valence-electron chi connectivity index (χ2n) is 8.21. The Morgan fingerprint density at radius 2 is 1.57 bits per heavy atom. The van der Waals surface area contributed by atoms with Crippen LogP contribution in [0, 0.1) is 6.92 Å². The highest BCUT2D eigenvalue weighted by Crippen LogP contribution is 2.38. The minimum Gasteiger partial charge on any atom is -0.477 e. The normalized spacial score (nSPS) is 14.7. The summed E-state index contributed by atoms with van der Waals surface area (Å²) in [5.74, 6) is -0.509. The number of hydrogen-bond acceptors (Lipinski definition) is 3. The first-order valence-corrected chi connectivity index (χ1v) is 10.7. The summed E-state index contributed by atoms with van der Waals surface area (Å²) in [6, 6.07) is 10.3. The molecular weight excluding hydrogens is 474 g/mol. The van der Waals surface area contributed by atoms with Crippen molar-refractivity contribution in [2.24, 2.45) is 0 Å². The van der Waals surface area contributed by atoms with Gasteiger partial charge in [0, 0.05) is 24.8 Å². The molecule has 0 aliphatic carbocycles. The lowest BCUT2D eigenvalue weighted by atomic mass is 9.95. The molecule has 0 unspecified atom stereocenters. The summed E-state index contributed by atoms with van der Waals surface area (Å²) in [6.45, 7) is 1.58. The second kappa shape index (κ2) is 9.24. The van der Waals surface area contributed by atoms with Crippen LogP contribution in [-0.4, -0.2) is 28.9 Å². The van der Waals surface area contributed by atoms with Crippen molar-refractivity contribution in [3.8, 4) is 17.0 Å². The third-order valence-electron chi connectivity index (χ3n) is 5.63. The lowest BCUT2D eigenvalue weighted by Gasteiger charge is -2.28. The quantitative estimate of drug-likeness (QED) is 0.390. The first-order valence-electron chi connectivity index (χ1n) is 10.7. The molecule has 0 N–H and O–H groups in total. The topological polar surface area (TPSA) is 42.4 Å². The fourth-order valence-corrected chi connectivity index (χ4v) is 4.04. The van der Waals surface area contributed by atoms with Crippen molar-refractivity contribution in [1.29, 1.82) is 0 Å². The van der Waals surface area contributed by atoms with Gasteiger partial charge in [-0.1, -0.05) is 30.3 Å². The van der Waals surface area contributed by atoms with Crippen LogP contribution < -0.4 is 4.74 Å². The maximum atomic E-state index is 13.7. The van der Waals surface area contributed by atoms with Gasteiger partial charge in [0.15, 0.2) is 0 Å². The number of ether oxygens (including phenoxy) is 1. The Morgan fingerprint density at radius 3 is 2.17 bits per heavy atom. The number of alkyl halides is 6. The predicted octanol–water partition coefficient (Wildman–Crippen LogP) is 6.52. The molecule has 1 aliphatic heterocycles. The monoisotopic (exact) mass is 494 g/mol. The molecule has 0 bridgehead atoms. The zero-order valence-corrected chi connectivity index (χ0v) is 18.5. The highest BCUT2D eigenvalue weighted by molar-refractivity contribution is 6.03. The second-order valence-corrected chi connectivity index (χ2v) is 8.21. The fraction of sp³-hybridized carbons (Fsp3) is 0.280. The molecule has 2 aromatic carbocycles. The summed E-state index contributed by atoms with van der Waals surface area (Å²) in [7, 11) is 0. The number of fused-ring (bicyclic) bond motifs is 1. The van der Waals surface area contributed by atoms with Crippen LogP contribution in [0.4, 0.5) is 26.3 Å². The molecule has 4 nitrogen and oxygen atoms in total. The molecular formula is C25H20F6N2O2. The summed E-state index contributed by atoms with van der Waals surface area (Å²) in [6.07, 6.45) is -8.06. The maximum Gasteiger partial charge on any atom is 0.416 e. The van der Waals surface area contributed by atoms with E-state index in [9.17, 15) is 31.1 Å². The van der Waals surface area contributed by atoms with Crippen molar-refractivity contribution in [3.05, 3.63) is 82.5 Å². The number of hydrogen-bond donors (Lipinski definition) is 0. The minimum atomic E-state index is -4.97. The molecule has 1 aromatic heterocycles. The van der Waals surface area contributed by atoms with Crippen LogP contribution in [-0.2, 0) is 18.9 Å². The fourth-order valence-electron chi connectivity index (χ4n) is 4.04. The molecule has 3 aromatic rings. The Morgan fingerprint density at radius 1 is 0.943 bits per heavy atom. The molecule has 10 heteroatoms. The largest absolute Gasteiger partial charge is 0.477 e. The van der Waals surface area contributed by atoms with Crippen molar-refractivity contribution >= 4 is 5.91 Å². The van der Waals surface area contributed by atoms with Gasteiger partial charge in [0.1, 0.15) is 5.56 Å². The smallest absolute Gasteiger partial charge is 0.416 e. The maximum absolute atomic E-state index is 13.7. The summed E-state index contributed by atoms with van der Waals surface area (Å²) in [4.78, 5) is 19.1. The number of carbonyl (C=O) groups excluding carboxylic acids is 1. The first kappa shape index (κ1) is 24.6. The standard InChI is InChI=1S/C25H20F6N2O2/c1-15-13-32-22-21(20(15)17-6-3-2-4-7-17)23(34)33(8-5-9-35-22)14-16-10-18(24(26,27)28)12-19(11-16)25(29,30)31/h2-4,6-7,10-13H,5,8-9,14H2,1H3. The predicted molar refractivity (Wildman–Crippen MR) is 116 cm³/mol. The molecule has 1 aliphatic rings. The third-order valence-corrected chi connectivity index (χ3v) is 5.63. The van der Waals surface area contributed by atoms with Crippen molar-refractivity contribution in [1.82, 2.24) is 9.88 Å². The lowest BCUT2D eigenvalue weighted by molar-refractivity contribution is -0.143. The van der Waals surface area contributed by atoms with E-state index in [2.05, 4.69) is 4.98 Å². The molecule has 0 saturated heterocycles. The molecule has 1 amide bonds. The van der Waals surface area contributed by atoms with Crippen LogP contribution in [0.5, 0.6) is 5.88 Å². The molecule has 184 valence electrons. The Bertz CT molecular complexity index is 1210. The Kier molecular flexibility index (Phi) is 6.48. The molecule has 0 fully saturated rings. The van der Waals surface area contributed by atoms with E-state index >= 15 is 0 Å². The molecule has 0 atom stereocenters. The van der Waals surface area contributed by atoms with Crippen LogP contribution in [0.15, 0.2) is 54.7 Å². The van der Waals surface area contributed by atoms with Crippen molar-refractivity contribution < 1.29 is 35.9 Å². The van der Waals surface area contributed by atoms with Crippen LogP contribution in [0.1, 0.15) is 39.0 Å². The van der Waals surface area contributed by atoms with Gasteiger partial charge in [-0.3, -0.25) is 4.79 Å². The number of aromatic nitrogens is 1. The van der Waals surface area contributed by atoms with Crippen molar-refractivity contribution in [3.63, 3.8) is 0 Å². The van der Waals surface area contributed by atoms with E-state index in [1.165, 1.54) is 4.90 Å². The van der Waals surface area contributed by atoms with E-state index in [-0.39, 0.29) is 36.2 Å². The Labute approximate surface area is 197 Å². The number of halogens is 6. The highest BCUT2D eigenvalue weighted by Gasteiger charge is 2.37. The van der Waals surface area contributed by atoms with Gasteiger partial charge in [-0.2, -0.15) is 26.3 Å². The van der Waals surface area contributed by atoms with Crippen LogP contribution in [0.3, 0.4) is 0 Å². The number of aryl methyl sites for hydroxylation is 1. The zero-order valence-electron chi connectivity index (χ0n) is 18.5. The minimum absolute atomic E-state index is 0.0721. The van der Waals surface area contributed by atoms with Gasteiger partial charge < -0.3 is 9.64 Å². The van der Waals surface area contributed by atoms with Crippen molar-refractivity contribution in [2.45, 2.75) is 32.2 Å². The summed E-state index contributed by atoms with van der Waals surface area (Å²) >= 11 is 0. The summed E-state index contributed by atoms with van der Waals surface area (Å²) in [5, 5.41) is 0. The van der Waals surface area contributed by atoms with E-state index in [1.807, 2.05) is 0 Å². The van der Waals surface area contributed by atoms with Crippen LogP contribution >= 0.6 is 0 Å². The van der Waals surface area contributed by atoms with E-state index in [0.29, 0.717) is 35.2 Å². The number of nitrogens with zero attached hydrogens (tertiary/aromatic N) is 2. The van der Waals surface area contributed by atoms with Crippen LogP contribution in [0.2, 0.25) is 0 Å². The molecule has 35 heavy (non-hydrogen) atoms. The molecule has 0 saturated carbocycles. The molecule has 0 spiro atoms. The zero-order chi connectivity index (χ0) is 25.4. The Balaban J connectivity index is 1.79. The SMILES string of the molecule is Cc1cnc2c(c1-c1ccccc1)C(=O)N(Cc1cc(C(F)(F)F)cc(C(F)(F)F)c1)CCCO2. The van der Waals surface area contributed by atoms with Gasteiger partial charge in [-0.15, -0.1) is 0 Å². The number of rotatable bonds is 3. The van der Waals surface area contributed by atoms with E-state index in [0.717, 1.165) is 0 Å². The molecule has 4 rings (SSSR count). The lowest BCUT2D eigenvalue weighted by Crippen LogP contribution is -2.35. The van der Waals surface area contributed by atoms with Gasteiger partial charge in [-0.25, -0.2) is 4.98 Å². The van der Waals surface area contributed by atoms with E-state index in [4.69, 9.17) is 4.74 Å². The van der Waals surface area contributed by atoms with Gasteiger partial charge in [0.2, 0.25) is 5.88 Å². The molecule has 2 heterocycles. The summed E-state index contributed by atoms with van der Waals surface area (Å²) in [5.41, 5.74) is -1.07. The van der Waals surface area contributed by atoms with Gasteiger partial charge in [0.25, 0.3) is 5.91 Å². The number of pyridine rings is 1. The summed E-state index contributed by atoms with van der Waals surface area (Å²) < 4.78 is 85.6. The number of carbonyl (C=O) groups is 1. The molecule has 0 radical (unpaired) electrons. The van der Waals surface area contributed by atoms with E-state index in [1.54, 1.807) is 43.5 Å². The first-order chi connectivity index (χ1) is 16.4. The average molecular weight is 494 g/mol. The van der Waals surface area contributed by atoms with Gasteiger partial charge >= 0.3 is 12.4 Å². The highest BCUT2D eigenvalue weighted by atomic mass is 19.4. The van der Waals surface area contributed by atoms with Crippen LogP contribution in [0.25, 0.3) is 11.1 Å². The average Bonchev–Trinajstić information content (AvgIpc) is 2.79. The number of amides is 1. The van der Waals surface area contributed by atoms with Gasteiger partial charge in [-0.05, 0) is 48.2 Å². The van der Waals surface area contributed by atoms with E-state index < -0.39 is 35.9 Å². The third kappa shape index (κ3) is 5.26. The number of benzene rings is 2. The van der Waals surface area contributed by atoms with Gasteiger partial charge in [0.05, 0.1) is 17.7 Å².